The van der Waals surface area contributed by atoms with E-state index in [1.807, 2.05) is 12.1 Å². The summed E-state index contributed by atoms with van der Waals surface area (Å²) in [6.45, 7) is 6.58. The lowest BCUT2D eigenvalue weighted by atomic mass is 9.90. The molecule has 0 aliphatic heterocycles. The Bertz CT molecular complexity index is 809. The zero-order chi connectivity index (χ0) is 18.8. The summed E-state index contributed by atoms with van der Waals surface area (Å²) in [6.07, 6.45) is -0.785. The molecule has 0 radical (unpaired) electrons. The number of aliphatic carboxylic acids is 1. The van der Waals surface area contributed by atoms with Crippen molar-refractivity contribution in [2.45, 2.75) is 38.8 Å². The highest BCUT2D eigenvalue weighted by Crippen LogP contribution is 2.28. The number of rotatable bonds is 4. The molecule has 2 aromatic carbocycles. The first kappa shape index (κ1) is 18.6. The van der Waals surface area contributed by atoms with Crippen LogP contribution in [-0.2, 0) is 15.1 Å². The van der Waals surface area contributed by atoms with Gasteiger partial charge in [-0.2, -0.15) is 0 Å². The second-order valence-electron chi connectivity index (χ2n) is 6.98. The summed E-state index contributed by atoms with van der Waals surface area (Å²) in [7, 11) is 1.59. The molecule has 6 heteroatoms. The number of alkyl carbamates (subject to hydrolysis) is 1. The molecule has 0 aliphatic carbocycles. The lowest BCUT2D eigenvalue weighted by Gasteiger charge is -2.29. The van der Waals surface area contributed by atoms with Crippen LogP contribution in [0.25, 0.3) is 10.8 Å². The quantitative estimate of drug-likeness (QED) is 0.883. The highest BCUT2D eigenvalue weighted by molar-refractivity contribution is 5.89. The summed E-state index contributed by atoms with van der Waals surface area (Å²) in [6, 6.07) is 10.7. The van der Waals surface area contributed by atoms with Crippen molar-refractivity contribution in [1.29, 1.82) is 0 Å². The maximum Gasteiger partial charge on any atom is 0.408 e. The molecule has 0 spiro atoms. The van der Waals surface area contributed by atoms with Gasteiger partial charge in [0.2, 0.25) is 0 Å². The van der Waals surface area contributed by atoms with Crippen LogP contribution in [0.5, 0.6) is 5.75 Å². The molecule has 0 bridgehead atoms. The summed E-state index contributed by atoms with van der Waals surface area (Å²) in [4.78, 5) is 24.0. The Labute approximate surface area is 146 Å². The van der Waals surface area contributed by atoms with Gasteiger partial charge in [0, 0.05) is 0 Å². The monoisotopic (exact) mass is 345 g/mol. The Kier molecular flexibility index (Phi) is 4.92. The summed E-state index contributed by atoms with van der Waals surface area (Å²) in [5.41, 5.74) is -1.89. The van der Waals surface area contributed by atoms with Crippen molar-refractivity contribution in [3.63, 3.8) is 0 Å². The van der Waals surface area contributed by atoms with Gasteiger partial charge in [-0.1, -0.05) is 18.2 Å². The second-order valence-corrected chi connectivity index (χ2v) is 6.98. The average molecular weight is 345 g/mol. The number of amides is 1. The molecule has 0 saturated heterocycles. The average Bonchev–Trinajstić information content (AvgIpc) is 2.51. The molecule has 6 nitrogen and oxygen atoms in total. The van der Waals surface area contributed by atoms with Crippen LogP contribution in [0.4, 0.5) is 4.79 Å². The van der Waals surface area contributed by atoms with E-state index in [1.54, 1.807) is 52.1 Å². The summed E-state index contributed by atoms with van der Waals surface area (Å²) in [5, 5.41) is 13.9. The van der Waals surface area contributed by atoms with Crippen molar-refractivity contribution >= 4 is 22.8 Å². The van der Waals surface area contributed by atoms with Crippen molar-refractivity contribution in [2.75, 3.05) is 7.11 Å². The van der Waals surface area contributed by atoms with Crippen molar-refractivity contribution in [3.8, 4) is 5.75 Å². The van der Waals surface area contributed by atoms with Crippen LogP contribution in [0, 0.1) is 0 Å². The van der Waals surface area contributed by atoms with E-state index in [2.05, 4.69) is 5.32 Å². The zero-order valence-electron chi connectivity index (χ0n) is 15.0. The van der Waals surface area contributed by atoms with Crippen LogP contribution < -0.4 is 10.1 Å². The molecule has 2 N–H and O–H groups in total. The number of methoxy groups -OCH3 is 1. The predicted octanol–water partition coefficient (Wildman–Crippen LogP) is 3.67. The normalized spacial score (nSPS) is 13.8. The topological polar surface area (TPSA) is 84.9 Å². The second kappa shape index (κ2) is 6.63. The lowest BCUT2D eigenvalue weighted by Crippen LogP contribution is -2.51. The van der Waals surface area contributed by atoms with Gasteiger partial charge in [0.15, 0.2) is 5.54 Å². The molecule has 25 heavy (non-hydrogen) atoms. The van der Waals surface area contributed by atoms with E-state index in [9.17, 15) is 14.7 Å². The first-order chi connectivity index (χ1) is 11.5. The number of benzene rings is 2. The minimum Gasteiger partial charge on any atom is -0.497 e. The highest BCUT2D eigenvalue weighted by Gasteiger charge is 2.38. The van der Waals surface area contributed by atoms with Gasteiger partial charge in [-0.05, 0) is 62.2 Å². The van der Waals surface area contributed by atoms with Crippen molar-refractivity contribution in [2.24, 2.45) is 0 Å². The zero-order valence-corrected chi connectivity index (χ0v) is 15.0. The molecule has 2 rings (SSSR count). The summed E-state index contributed by atoms with van der Waals surface area (Å²) < 4.78 is 10.4. The van der Waals surface area contributed by atoms with Crippen LogP contribution in [0.1, 0.15) is 33.3 Å². The molecule has 1 atom stereocenters. The minimum atomic E-state index is -1.61. The van der Waals surface area contributed by atoms with Crippen LogP contribution in [-0.4, -0.2) is 29.9 Å². The Hall–Kier alpha value is -2.76. The SMILES string of the molecule is COc1ccc2cc(C(C)(NC(=O)OC(C)(C)C)C(=O)O)ccc2c1. The number of carbonyl (C=O) groups is 2. The molecule has 1 unspecified atom stereocenters. The van der Waals surface area contributed by atoms with Gasteiger partial charge in [0.1, 0.15) is 11.4 Å². The molecule has 0 heterocycles. The maximum absolute atomic E-state index is 12.1. The largest absolute Gasteiger partial charge is 0.497 e. The third kappa shape index (κ3) is 4.21. The highest BCUT2D eigenvalue weighted by atomic mass is 16.6. The number of hydrogen-bond acceptors (Lipinski definition) is 4. The third-order valence-electron chi connectivity index (χ3n) is 3.80. The van der Waals surface area contributed by atoms with Crippen LogP contribution in [0.3, 0.4) is 0 Å². The smallest absolute Gasteiger partial charge is 0.408 e. The first-order valence-corrected chi connectivity index (χ1v) is 7.88. The number of hydrogen-bond donors (Lipinski definition) is 2. The third-order valence-corrected chi connectivity index (χ3v) is 3.80. The van der Waals surface area contributed by atoms with Crippen LogP contribution in [0.15, 0.2) is 36.4 Å². The van der Waals surface area contributed by atoms with Gasteiger partial charge in [0.25, 0.3) is 0 Å². The van der Waals surface area contributed by atoms with E-state index in [1.165, 1.54) is 6.92 Å². The number of carboxylic acid groups (broad SMARTS) is 1. The van der Waals surface area contributed by atoms with E-state index in [-0.39, 0.29) is 0 Å². The van der Waals surface area contributed by atoms with Gasteiger partial charge in [-0.3, -0.25) is 0 Å². The van der Waals surface area contributed by atoms with Crippen molar-refractivity contribution in [3.05, 3.63) is 42.0 Å². The molecule has 0 aliphatic rings. The Morgan fingerprint density at radius 2 is 1.60 bits per heavy atom. The first-order valence-electron chi connectivity index (χ1n) is 7.88. The molecule has 0 fully saturated rings. The van der Waals surface area contributed by atoms with E-state index < -0.39 is 23.2 Å². The van der Waals surface area contributed by atoms with Crippen molar-refractivity contribution < 1.29 is 24.2 Å². The van der Waals surface area contributed by atoms with Gasteiger partial charge < -0.3 is 19.9 Å². The number of nitrogens with one attached hydrogen (secondary N) is 1. The molecule has 0 saturated carbocycles. The fourth-order valence-corrected chi connectivity index (χ4v) is 2.42. The fourth-order valence-electron chi connectivity index (χ4n) is 2.42. The number of fused-ring (bicyclic) bond motifs is 1. The lowest BCUT2D eigenvalue weighted by molar-refractivity contribution is -0.144. The molecule has 134 valence electrons. The summed E-state index contributed by atoms with van der Waals surface area (Å²) >= 11 is 0. The maximum atomic E-state index is 12.1. The minimum absolute atomic E-state index is 0.448. The molecular formula is C19H23NO5. The number of carboxylic acids is 1. The van der Waals surface area contributed by atoms with E-state index >= 15 is 0 Å². The number of carbonyl (C=O) groups excluding carboxylic acids is 1. The predicted molar refractivity (Wildman–Crippen MR) is 94.9 cm³/mol. The Balaban J connectivity index is 2.40. The van der Waals surface area contributed by atoms with Crippen LogP contribution in [0.2, 0.25) is 0 Å². The van der Waals surface area contributed by atoms with E-state index in [0.717, 1.165) is 10.8 Å². The fraction of sp³-hybridized carbons (Fsp3) is 0.368. The Morgan fingerprint density at radius 1 is 1.00 bits per heavy atom. The molecular weight excluding hydrogens is 322 g/mol. The number of ether oxygens (including phenoxy) is 2. The van der Waals surface area contributed by atoms with Crippen LogP contribution >= 0.6 is 0 Å². The van der Waals surface area contributed by atoms with Gasteiger partial charge >= 0.3 is 12.1 Å². The van der Waals surface area contributed by atoms with Gasteiger partial charge in [-0.15, -0.1) is 0 Å². The van der Waals surface area contributed by atoms with Crippen molar-refractivity contribution in [1.82, 2.24) is 5.32 Å². The molecule has 1 amide bonds. The summed E-state index contributed by atoms with van der Waals surface area (Å²) in [5.74, 6) is -0.459. The van der Waals surface area contributed by atoms with E-state index in [4.69, 9.17) is 9.47 Å². The van der Waals surface area contributed by atoms with Gasteiger partial charge in [-0.25, -0.2) is 9.59 Å². The van der Waals surface area contributed by atoms with E-state index in [0.29, 0.717) is 11.3 Å². The van der Waals surface area contributed by atoms with Gasteiger partial charge in [0.05, 0.1) is 7.11 Å². The Morgan fingerprint density at radius 3 is 2.16 bits per heavy atom. The molecule has 2 aromatic rings. The molecule has 0 aromatic heterocycles. The standard InChI is InChI=1S/C19H23NO5/c1-18(2,3)25-17(23)20-19(4,16(21)22)14-8-6-13-11-15(24-5)9-7-12(13)10-14/h6-11H,1-5H3,(H,20,23)(H,21,22).